The summed E-state index contributed by atoms with van der Waals surface area (Å²) < 4.78 is 0. The van der Waals surface area contributed by atoms with E-state index in [-0.39, 0.29) is 18.4 Å². The van der Waals surface area contributed by atoms with E-state index in [0.29, 0.717) is 42.8 Å². The van der Waals surface area contributed by atoms with E-state index in [1.54, 1.807) is 0 Å². The second-order valence-electron chi connectivity index (χ2n) is 11.6. The van der Waals surface area contributed by atoms with Crippen LogP contribution in [-0.4, -0.2) is 59.1 Å². The van der Waals surface area contributed by atoms with E-state index in [2.05, 4.69) is 29.6 Å². The Hall–Kier alpha value is -2.41. The fraction of sp³-hybridized carbons (Fsp3) is 0.679. The molecule has 1 aliphatic carbocycles. The number of rotatable bonds is 10. The first-order valence-corrected chi connectivity index (χ1v) is 13.2. The van der Waals surface area contributed by atoms with Gasteiger partial charge in [-0.05, 0) is 48.5 Å². The monoisotopic (exact) mass is 485 g/mol. The molecule has 7 heteroatoms. The predicted molar refractivity (Wildman–Crippen MR) is 135 cm³/mol. The van der Waals surface area contributed by atoms with Crippen LogP contribution in [0.4, 0.5) is 0 Å². The van der Waals surface area contributed by atoms with Crippen LogP contribution in [-0.2, 0) is 20.8 Å². The number of hydrogen-bond donors (Lipinski definition) is 2. The first-order chi connectivity index (χ1) is 16.7. The molecular formula is C28H43N3O4. The van der Waals surface area contributed by atoms with Crippen molar-refractivity contribution in [3.63, 3.8) is 0 Å². The molecule has 3 rings (SSSR count). The van der Waals surface area contributed by atoms with Crippen molar-refractivity contribution < 1.29 is 19.6 Å². The predicted octanol–water partition coefficient (Wildman–Crippen LogP) is 4.04. The SMILES string of the molecule is CC(C)(C)[C@H](NC(=O)[C@H](CC1CCCC1)CN(O)C=O)C(=O)N1CCC(Cc2ccccc2)CC1. The van der Waals surface area contributed by atoms with Crippen LogP contribution in [0.2, 0.25) is 0 Å². The van der Waals surface area contributed by atoms with Crippen molar-refractivity contribution in [1.82, 2.24) is 15.3 Å². The maximum absolute atomic E-state index is 13.6. The third kappa shape index (κ3) is 8.06. The topological polar surface area (TPSA) is 90.0 Å². The van der Waals surface area contributed by atoms with Gasteiger partial charge in [-0.1, -0.05) is 76.8 Å². The molecule has 0 spiro atoms. The minimum Gasteiger partial charge on any atom is -0.344 e. The van der Waals surface area contributed by atoms with Gasteiger partial charge < -0.3 is 10.2 Å². The van der Waals surface area contributed by atoms with Crippen LogP contribution >= 0.6 is 0 Å². The summed E-state index contributed by atoms with van der Waals surface area (Å²) in [5.41, 5.74) is 0.869. The second kappa shape index (κ2) is 12.5. The molecule has 194 valence electrons. The number of piperidine rings is 1. The molecule has 2 aliphatic rings. The molecule has 0 radical (unpaired) electrons. The van der Waals surface area contributed by atoms with E-state index >= 15 is 0 Å². The third-order valence-electron chi connectivity index (χ3n) is 7.69. The van der Waals surface area contributed by atoms with Gasteiger partial charge in [0.15, 0.2) is 0 Å². The molecule has 1 aromatic carbocycles. The second-order valence-corrected chi connectivity index (χ2v) is 11.6. The molecular weight excluding hydrogens is 442 g/mol. The quantitative estimate of drug-likeness (QED) is 0.297. The van der Waals surface area contributed by atoms with Gasteiger partial charge in [-0.25, -0.2) is 5.06 Å². The minimum absolute atomic E-state index is 0.0418. The minimum atomic E-state index is -0.657. The molecule has 2 N–H and O–H groups in total. The van der Waals surface area contributed by atoms with Crippen molar-refractivity contribution in [2.24, 2.45) is 23.2 Å². The van der Waals surface area contributed by atoms with Crippen LogP contribution in [0.15, 0.2) is 30.3 Å². The summed E-state index contributed by atoms with van der Waals surface area (Å²) in [6.45, 7) is 7.23. The smallest absolute Gasteiger partial charge is 0.245 e. The maximum Gasteiger partial charge on any atom is 0.245 e. The highest BCUT2D eigenvalue weighted by Crippen LogP contribution is 2.31. The van der Waals surface area contributed by atoms with Gasteiger partial charge in [-0.15, -0.1) is 0 Å². The molecule has 0 aromatic heterocycles. The molecule has 35 heavy (non-hydrogen) atoms. The van der Waals surface area contributed by atoms with E-state index in [1.165, 1.54) is 5.56 Å². The Labute approximate surface area is 210 Å². The molecule has 1 aromatic rings. The van der Waals surface area contributed by atoms with E-state index in [0.717, 1.165) is 44.9 Å². The molecule has 0 unspecified atom stereocenters. The highest BCUT2D eigenvalue weighted by molar-refractivity contribution is 5.89. The van der Waals surface area contributed by atoms with E-state index in [4.69, 9.17) is 0 Å². The van der Waals surface area contributed by atoms with Gasteiger partial charge >= 0.3 is 0 Å². The van der Waals surface area contributed by atoms with Gasteiger partial charge in [0.05, 0.1) is 12.5 Å². The van der Waals surface area contributed by atoms with Gasteiger partial charge in [0.1, 0.15) is 6.04 Å². The van der Waals surface area contributed by atoms with Crippen molar-refractivity contribution in [1.29, 1.82) is 0 Å². The van der Waals surface area contributed by atoms with Crippen LogP contribution in [0.1, 0.15) is 71.3 Å². The Morgan fingerprint density at radius 2 is 1.71 bits per heavy atom. The van der Waals surface area contributed by atoms with Gasteiger partial charge in [0.2, 0.25) is 18.2 Å². The first kappa shape index (κ1) is 27.2. The lowest BCUT2D eigenvalue weighted by atomic mass is 9.83. The number of carbonyl (C=O) groups excluding carboxylic acids is 3. The molecule has 0 bridgehead atoms. The summed E-state index contributed by atoms with van der Waals surface area (Å²) >= 11 is 0. The van der Waals surface area contributed by atoms with Crippen molar-refractivity contribution in [2.45, 2.75) is 78.2 Å². The summed E-state index contributed by atoms with van der Waals surface area (Å²) in [5.74, 6) is 0.129. The number of amides is 3. The number of nitrogens with one attached hydrogen (secondary N) is 1. The van der Waals surface area contributed by atoms with Crippen molar-refractivity contribution in [3.05, 3.63) is 35.9 Å². The average Bonchev–Trinajstić information content (AvgIpc) is 3.35. The molecule has 1 heterocycles. The number of benzene rings is 1. The molecule has 2 fully saturated rings. The van der Waals surface area contributed by atoms with Crippen molar-refractivity contribution in [3.8, 4) is 0 Å². The largest absolute Gasteiger partial charge is 0.344 e. The van der Waals surface area contributed by atoms with Gasteiger partial charge in [-0.3, -0.25) is 19.6 Å². The molecule has 2 atom stereocenters. The van der Waals surface area contributed by atoms with E-state index in [9.17, 15) is 19.6 Å². The number of hydrogen-bond acceptors (Lipinski definition) is 4. The first-order valence-electron chi connectivity index (χ1n) is 13.2. The zero-order chi connectivity index (χ0) is 25.4. The number of likely N-dealkylation sites (tertiary alicyclic amines) is 1. The number of carbonyl (C=O) groups is 3. The Kier molecular flexibility index (Phi) is 9.72. The number of nitrogens with zero attached hydrogens (tertiary/aromatic N) is 2. The fourth-order valence-corrected chi connectivity index (χ4v) is 5.58. The average molecular weight is 486 g/mol. The van der Waals surface area contributed by atoms with Crippen molar-refractivity contribution >= 4 is 18.2 Å². The van der Waals surface area contributed by atoms with Crippen LogP contribution in [0, 0.1) is 23.2 Å². The van der Waals surface area contributed by atoms with Crippen LogP contribution in [0.25, 0.3) is 0 Å². The van der Waals surface area contributed by atoms with Crippen LogP contribution in [0.3, 0.4) is 0 Å². The summed E-state index contributed by atoms with van der Waals surface area (Å²) in [6.07, 6.45) is 8.32. The summed E-state index contributed by atoms with van der Waals surface area (Å²) in [4.78, 5) is 39.9. The van der Waals surface area contributed by atoms with E-state index < -0.39 is 17.4 Å². The Bertz CT molecular complexity index is 824. The molecule has 7 nitrogen and oxygen atoms in total. The normalized spacial score (nSPS) is 19.3. The standard InChI is InChI=1S/C28H43N3O4/c1-28(2,3)25(29-26(33)24(19-31(35)20-32)18-22-11-7-8-12-22)27(34)30-15-13-23(14-16-30)17-21-9-5-4-6-10-21/h4-6,9-10,20,22-25,35H,7-8,11-19H2,1-3H3,(H,29,33)/t24-,25-/m1/s1. The Balaban J connectivity index is 1.62. The highest BCUT2D eigenvalue weighted by Gasteiger charge is 2.38. The molecule has 3 amide bonds. The lowest BCUT2D eigenvalue weighted by molar-refractivity contribution is -0.156. The fourth-order valence-electron chi connectivity index (χ4n) is 5.58. The van der Waals surface area contributed by atoms with Crippen molar-refractivity contribution in [2.75, 3.05) is 19.6 Å². The highest BCUT2D eigenvalue weighted by atomic mass is 16.5. The maximum atomic E-state index is 13.6. The van der Waals surface area contributed by atoms with Gasteiger partial charge in [-0.2, -0.15) is 0 Å². The molecule has 1 saturated heterocycles. The Morgan fingerprint density at radius 1 is 1.09 bits per heavy atom. The lowest BCUT2D eigenvalue weighted by Crippen LogP contribution is -2.57. The molecule has 1 aliphatic heterocycles. The third-order valence-corrected chi connectivity index (χ3v) is 7.69. The molecule has 1 saturated carbocycles. The van der Waals surface area contributed by atoms with E-state index in [1.807, 2.05) is 31.7 Å². The van der Waals surface area contributed by atoms with Gasteiger partial charge in [0.25, 0.3) is 0 Å². The zero-order valence-electron chi connectivity index (χ0n) is 21.6. The van der Waals surface area contributed by atoms with Crippen LogP contribution < -0.4 is 5.32 Å². The van der Waals surface area contributed by atoms with Crippen LogP contribution in [0.5, 0.6) is 0 Å². The summed E-state index contributed by atoms with van der Waals surface area (Å²) in [7, 11) is 0. The summed E-state index contributed by atoms with van der Waals surface area (Å²) in [6, 6.07) is 9.81. The van der Waals surface area contributed by atoms with Gasteiger partial charge in [0, 0.05) is 13.1 Å². The number of hydroxylamine groups is 2. The zero-order valence-corrected chi connectivity index (χ0v) is 21.6. The Morgan fingerprint density at radius 3 is 2.29 bits per heavy atom. The summed E-state index contributed by atoms with van der Waals surface area (Å²) in [5, 5.41) is 13.4. The lowest BCUT2D eigenvalue weighted by Gasteiger charge is -2.39.